The Kier molecular flexibility index (Phi) is 4.32. The topological polar surface area (TPSA) is 17.1 Å². The average Bonchev–Trinajstić information content (AvgIpc) is 1.83. The monoisotopic (exact) mass is 143 g/mol. The van der Waals surface area contributed by atoms with E-state index in [2.05, 4.69) is 12.6 Å². The fourth-order valence-corrected chi connectivity index (χ4v) is 0.546. The Morgan fingerprint density at radius 2 is 2.11 bits per heavy atom. The van der Waals surface area contributed by atoms with Gasteiger partial charge in [-0.3, -0.25) is 4.79 Å². The highest BCUT2D eigenvalue weighted by molar-refractivity contribution is 7.96. The van der Waals surface area contributed by atoms with E-state index in [1.54, 1.807) is 0 Å². The summed E-state index contributed by atoms with van der Waals surface area (Å²) in [4.78, 5) is 10.3. The molecule has 0 rings (SSSR count). The van der Waals surface area contributed by atoms with E-state index >= 15 is 0 Å². The average molecular weight is 143 g/mol. The highest BCUT2D eigenvalue weighted by atomic mass is 32.1. The third-order valence-electron chi connectivity index (χ3n) is 1.22. The standard InChI is InChI=1S/C7H11OS/c1-3-6(2)4-5-7(8)9/h3H,4-5H2,1-2H3/b6-3+. The van der Waals surface area contributed by atoms with E-state index in [4.69, 9.17) is 0 Å². The predicted octanol–water partition coefficient (Wildman–Crippen LogP) is 2.46. The fourth-order valence-electron chi connectivity index (χ4n) is 0.444. The Bertz CT molecular complexity index is 127. The van der Waals surface area contributed by atoms with Crippen LogP contribution < -0.4 is 0 Å². The van der Waals surface area contributed by atoms with Crippen LogP contribution in [0.4, 0.5) is 0 Å². The highest BCUT2D eigenvalue weighted by Gasteiger charge is 1.94. The number of carbonyl (C=O) groups excluding carboxylic acids is 1. The van der Waals surface area contributed by atoms with E-state index in [-0.39, 0.29) is 5.12 Å². The van der Waals surface area contributed by atoms with Crippen LogP contribution in [0.15, 0.2) is 11.6 Å². The third kappa shape index (κ3) is 5.50. The molecule has 1 radical (unpaired) electrons. The maximum Gasteiger partial charge on any atom is 0.219 e. The summed E-state index contributed by atoms with van der Waals surface area (Å²) in [5.74, 6) is 0. The normalized spacial score (nSPS) is 11.6. The summed E-state index contributed by atoms with van der Waals surface area (Å²) >= 11 is 4.38. The van der Waals surface area contributed by atoms with Crippen molar-refractivity contribution in [3.63, 3.8) is 0 Å². The molecule has 0 aliphatic rings. The second-order valence-corrected chi connectivity index (χ2v) is 2.46. The van der Waals surface area contributed by atoms with E-state index in [0.717, 1.165) is 6.42 Å². The van der Waals surface area contributed by atoms with Crippen LogP contribution in [0.2, 0.25) is 0 Å². The zero-order chi connectivity index (χ0) is 7.28. The Balaban J connectivity index is 3.39. The number of allylic oxidation sites excluding steroid dienone is 2. The van der Waals surface area contributed by atoms with Crippen molar-refractivity contribution in [1.29, 1.82) is 0 Å². The first kappa shape index (κ1) is 8.63. The molecule has 0 aliphatic heterocycles. The van der Waals surface area contributed by atoms with E-state index in [1.165, 1.54) is 5.57 Å². The Labute approximate surface area is 61.6 Å². The smallest absolute Gasteiger partial charge is 0.219 e. The van der Waals surface area contributed by atoms with Crippen LogP contribution in [0.5, 0.6) is 0 Å². The van der Waals surface area contributed by atoms with Crippen molar-refractivity contribution in [1.82, 2.24) is 0 Å². The molecule has 51 valence electrons. The van der Waals surface area contributed by atoms with Gasteiger partial charge in [-0.15, -0.1) is 0 Å². The van der Waals surface area contributed by atoms with Gasteiger partial charge in [0.2, 0.25) is 5.12 Å². The van der Waals surface area contributed by atoms with Gasteiger partial charge >= 0.3 is 0 Å². The second kappa shape index (κ2) is 4.50. The molecule has 0 aromatic heterocycles. The molecule has 0 amide bonds. The third-order valence-corrected chi connectivity index (χ3v) is 1.42. The first-order valence-corrected chi connectivity index (χ1v) is 3.39. The highest BCUT2D eigenvalue weighted by Crippen LogP contribution is 2.04. The lowest BCUT2D eigenvalue weighted by Gasteiger charge is -1.93. The van der Waals surface area contributed by atoms with Crippen molar-refractivity contribution in [2.75, 3.05) is 0 Å². The van der Waals surface area contributed by atoms with Crippen molar-refractivity contribution < 1.29 is 4.79 Å². The summed E-state index contributed by atoms with van der Waals surface area (Å²) in [5.41, 5.74) is 1.23. The molecule has 1 nitrogen and oxygen atoms in total. The zero-order valence-corrected chi connectivity index (χ0v) is 6.62. The van der Waals surface area contributed by atoms with Gasteiger partial charge < -0.3 is 0 Å². The first-order chi connectivity index (χ1) is 4.16. The minimum absolute atomic E-state index is 0.142. The van der Waals surface area contributed by atoms with Gasteiger partial charge in [0.15, 0.2) is 0 Å². The number of carbonyl (C=O) groups is 1. The molecular formula is C7H11OS. The molecule has 0 fully saturated rings. The molecule has 0 atom stereocenters. The molecule has 0 aromatic carbocycles. The van der Waals surface area contributed by atoms with Crippen LogP contribution in [0, 0.1) is 0 Å². The Morgan fingerprint density at radius 1 is 1.56 bits per heavy atom. The zero-order valence-electron chi connectivity index (χ0n) is 5.81. The quantitative estimate of drug-likeness (QED) is 0.555. The molecule has 0 aromatic rings. The molecule has 0 unspecified atom stereocenters. The summed E-state index contributed by atoms with van der Waals surface area (Å²) in [7, 11) is 0. The van der Waals surface area contributed by atoms with Crippen LogP contribution in [-0.2, 0) is 4.79 Å². The van der Waals surface area contributed by atoms with Crippen molar-refractivity contribution in [2.24, 2.45) is 0 Å². The van der Waals surface area contributed by atoms with Crippen LogP contribution in [-0.4, -0.2) is 5.12 Å². The molecule has 0 heterocycles. The fraction of sp³-hybridized carbons (Fsp3) is 0.571. The van der Waals surface area contributed by atoms with Gasteiger partial charge in [0.1, 0.15) is 0 Å². The summed E-state index contributed by atoms with van der Waals surface area (Å²) in [6, 6.07) is 0. The Hall–Kier alpha value is -0.370. The molecule has 9 heavy (non-hydrogen) atoms. The first-order valence-electron chi connectivity index (χ1n) is 2.98. The predicted molar refractivity (Wildman–Crippen MR) is 41.3 cm³/mol. The van der Waals surface area contributed by atoms with E-state index in [1.807, 2.05) is 19.9 Å². The summed E-state index contributed by atoms with van der Waals surface area (Å²) in [6.07, 6.45) is 3.32. The van der Waals surface area contributed by atoms with Gasteiger partial charge in [0.25, 0.3) is 0 Å². The van der Waals surface area contributed by atoms with Crippen molar-refractivity contribution in [3.8, 4) is 0 Å². The van der Waals surface area contributed by atoms with Crippen molar-refractivity contribution >= 4 is 17.7 Å². The minimum Gasteiger partial charge on any atom is -0.282 e. The van der Waals surface area contributed by atoms with E-state index < -0.39 is 0 Å². The largest absolute Gasteiger partial charge is 0.282 e. The maximum absolute atomic E-state index is 10.3. The number of hydrogen-bond acceptors (Lipinski definition) is 1. The molecule has 2 heteroatoms. The van der Waals surface area contributed by atoms with Gasteiger partial charge in [-0.2, -0.15) is 0 Å². The van der Waals surface area contributed by atoms with Crippen LogP contribution in [0.1, 0.15) is 26.7 Å². The lowest BCUT2D eigenvalue weighted by molar-refractivity contribution is -0.110. The van der Waals surface area contributed by atoms with Gasteiger partial charge in [-0.25, -0.2) is 0 Å². The van der Waals surface area contributed by atoms with E-state index in [9.17, 15) is 4.79 Å². The van der Waals surface area contributed by atoms with Crippen LogP contribution in [0.25, 0.3) is 0 Å². The minimum atomic E-state index is -0.142. The second-order valence-electron chi connectivity index (χ2n) is 2.01. The molecule has 0 saturated heterocycles. The lowest BCUT2D eigenvalue weighted by atomic mass is 10.2. The molecule has 0 saturated carbocycles. The molecule has 0 aliphatic carbocycles. The van der Waals surface area contributed by atoms with Crippen molar-refractivity contribution in [3.05, 3.63) is 11.6 Å². The van der Waals surface area contributed by atoms with Gasteiger partial charge in [-0.05, 0) is 32.9 Å². The summed E-state index contributed by atoms with van der Waals surface area (Å²) in [5, 5.41) is -0.142. The van der Waals surface area contributed by atoms with Crippen LogP contribution >= 0.6 is 12.6 Å². The molecule has 0 bridgehead atoms. The van der Waals surface area contributed by atoms with Gasteiger partial charge in [0, 0.05) is 6.42 Å². The SMILES string of the molecule is C/C=C(\C)CCC(=O)[S]. The van der Waals surface area contributed by atoms with Crippen molar-refractivity contribution in [2.45, 2.75) is 26.7 Å². The van der Waals surface area contributed by atoms with E-state index in [0.29, 0.717) is 6.42 Å². The lowest BCUT2D eigenvalue weighted by Crippen LogP contribution is -1.85. The maximum atomic E-state index is 10.3. The molecule has 0 spiro atoms. The molecule has 0 N–H and O–H groups in total. The Morgan fingerprint density at radius 3 is 2.44 bits per heavy atom. The number of hydrogen-bond donors (Lipinski definition) is 0. The van der Waals surface area contributed by atoms with Crippen LogP contribution in [0.3, 0.4) is 0 Å². The van der Waals surface area contributed by atoms with Gasteiger partial charge in [-0.1, -0.05) is 11.6 Å². The molecular weight excluding hydrogens is 132 g/mol. The summed E-state index contributed by atoms with van der Waals surface area (Å²) in [6.45, 7) is 3.96. The number of rotatable bonds is 3. The summed E-state index contributed by atoms with van der Waals surface area (Å²) < 4.78 is 0. The van der Waals surface area contributed by atoms with Gasteiger partial charge in [0.05, 0.1) is 0 Å².